The van der Waals surface area contributed by atoms with Crippen LogP contribution in [0.25, 0.3) is 16.5 Å². The van der Waals surface area contributed by atoms with Crippen molar-refractivity contribution in [3.8, 4) is 6.07 Å². The second-order valence-electron chi connectivity index (χ2n) is 5.90. The molecule has 2 rings (SSSR count). The van der Waals surface area contributed by atoms with E-state index in [1.807, 2.05) is 32.8 Å². The van der Waals surface area contributed by atoms with E-state index in [2.05, 4.69) is 65.6 Å². The van der Waals surface area contributed by atoms with Gasteiger partial charge in [-0.1, -0.05) is 50.2 Å². The zero-order chi connectivity index (χ0) is 18.4. The molecule has 0 amide bonds. The molecule has 0 unspecified atom stereocenters. The van der Waals surface area contributed by atoms with Crippen LogP contribution in [0.15, 0.2) is 41.0 Å². The van der Waals surface area contributed by atoms with Gasteiger partial charge in [0.25, 0.3) is 0 Å². The molecule has 0 saturated heterocycles. The summed E-state index contributed by atoms with van der Waals surface area (Å²) < 4.78 is 1.10. The molecule has 1 aromatic carbocycles. The molecule has 128 valence electrons. The maximum atomic E-state index is 9.32. The van der Waals surface area contributed by atoms with Crippen LogP contribution in [0.3, 0.4) is 0 Å². The summed E-state index contributed by atoms with van der Waals surface area (Å²) in [6, 6.07) is 8.53. The third-order valence-electron chi connectivity index (χ3n) is 3.52. The minimum absolute atomic E-state index is 0.448. The van der Waals surface area contributed by atoms with E-state index in [0.717, 1.165) is 21.1 Å². The van der Waals surface area contributed by atoms with Crippen LogP contribution in [-0.4, -0.2) is 24.0 Å². The first-order valence-corrected chi connectivity index (χ1v) is 8.93. The van der Waals surface area contributed by atoms with Crippen LogP contribution in [-0.2, 0) is 0 Å². The van der Waals surface area contributed by atoms with Gasteiger partial charge in [0.05, 0.1) is 5.57 Å². The molecular weight excluding hydrogens is 362 g/mol. The van der Waals surface area contributed by atoms with Gasteiger partial charge >= 0.3 is 0 Å². The number of nitrogens with one attached hydrogen (secondary N) is 1. The molecule has 2 aromatic rings. The summed E-state index contributed by atoms with van der Waals surface area (Å²) in [7, 11) is 3.78. The summed E-state index contributed by atoms with van der Waals surface area (Å²) in [6.45, 7) is 12.4. The Bertz CT molecular complexity index is 789. The molecule has 0 spiro atoms. The maximum Gasteiger partial charge on any atom is 0.101 e. The van der Waals surface area contributed by atoms with Crippen LogP contribution in [0, 0.1) is 11.3 Å². The van der Waals surface area contributed by atoms with Crippen molar-refractivity contribution >= 4 is 32.4 Å². The zero-order valence-electron chi connectivity index (χ0n) is 15.4. The predicted octanol–water partition coefficient (Wildman–Crippen LogP) is 6.06. The van der Waals surface area contributed by atoms with E-state index in [1.165, 1.54) is 5.56 Å². The molecule has 0 aliphatic rings. The van der Waals surface area contributed by atoms with E-state index in [-0.39, 0.29) is 0 Å². The fourth-order valence-corrected chi connectivity index (χ4v) is 3.16. The number of halogens is 1. The minimum Gasteiger partial charge on any atom is -0.382 e. The van der Waals surface area contributed by atoms with Gasteiger partial charge in [-0.3, -0.25) is 0 Å². The predicted molar refractivity (Wildman–Crippen MR) is 108 cm³/mol. The summed E-state index contributed by atoms with van der Waals surface area (Å²) in [5.74, 6) is 0.448. The Morgan fingerprint density at radius 3 is 2.42 bits per heavy atom. The van der Waals surface area contributed by atoms with Gasteiger partial charge in [0.2, 0.25) is 0 Å². The molecule has 1 aromatic heterocycles. The lowest BCUT2D eigenvalue weighted by Crippen LogP contribution is -2.03. The highest BCUT2D eigenvalue weighted by molar-refractivity contribution is 9.10. The average molecular weight is 388 g/mol. The van der Waals surface area contributed by atoms with E-state index in [0.29, 0.717) is 17.1 Å². The molecule has 1 N–H and O–H groups in total. The molecule has 1 heterocycles. The monoisotopic (exact) mass is 387 g/mol. The fourth-order valence-electron chi connectivity index (χ4n) is 2.35. The molecule has 0 fully saturated rings. The fraction of sp³-hybridized carbons (Fsp3) is 0.350. The maximum absolute atomic E-state index is 9.32. The van der Waals surface area contributed by atoms with Gasteiger partial charge in [0.1, 0.15) is 6.07 Å². The lowest BCUT2D eigenvalue weighted by atomic mass is 10.0. The van der Waals surface area contributed by atoms with Crippen molar-refractivity contribution in [1.29, 1.82) is 5.26 Å². The number of benzene rings is 1. The quantitative estimate of drug-likeness (QED) is 0.511. The first-order valence-electron chi connectivity index (χ1n) is 8.13. The molecule has 0 aliphatic carbocycles. The number of rotatable bonds is 4. The van der Waals surface area contributed by atoms with Crippen molar-refractivity contribution in [2.24, 2.45) is 0 Å². The standard InChI is InChI=1S/C18H20BrN3.C2H6/c1-11(2)15-6-13-7-17(21-18(13)8-16(15)19)12(3)14(9-20)10-22(4)5;1-2/h6-8,10-11,21H,3H2,1-2,4-5H3;1-2H3/b14-10+;. The van der Waals surface area contributed by atoms with Gasteiger partial charge in [0.15, 0.2) is 0 Å². The molecule has 0 atom stereocenters. The molecule has 0 radical (unpaired) electrons. The minimum atomic E-state index is 0.448. The highest BCUT2D eigenvalue weighted by Gasteiger charge is 2.12. The average Bonchev–Trinajstić information content (AvgIpc) is 2.95. The smallest absolute Gasteiger partial charge is 0.101 e. The third-order valence-corrected chi connectivity index (χ3v) is 4.20. The van der Waals surface area contributed by atoms with E-state index < -0.39 is 0 Å². The molecule has 0 saturated carbocycles. The van der Waals surface area contributed by atoms with Gasteiger partial charge in [-0.05, 0) is 29.7 Å². The lowest BCUT2D eigenvalue weighted by molar-refractivity contribution is 0.562. The van der Waals surface area contributed by atoms with E-state index >= 15 is 0 Å². The Morgan fingerprint density at radius 2 is 1.92 bits per heavy atom. The van der Waals surface area contributed by atoms with Crippen LogP contribution < -0.4 is 0 Å². The molecule has 0 aliphatic heterocycles. The van der Waals surface area contributed by atoms with Crippen molar-refractivity contribution in [1.82, 2.24) is 9.88 Å². The highest BCUT2D eigenvalue weighted by atomic mass is 79.9. The summed E-state index contributed by atoms with van der Waals surface area (Å²) in [5.41, 5.74) is 4.44. The SMILES string of the molecule is C=C(/C(C#N)=C/N(C)C)c1cc2cc(C(C)C)c(Br)cc2[nH]1.CC. The third kappa shape index (κ3) is 4.52. The van der Waals surface area contributed by atoms with Crippen molar-refractivity contribution < 1.29 is 0 Å². The number of fused-ring (bicyclic) bond motifs is 1. The van der Waals surface area contributed by atoms with Crippen molar-refractivity contribution in [2.75, 3.05) is 14.1 Å². The number of H-pyrrole nitrogens is 1. The Labute approximate surface area is 153 Å². The molecule has 4 heteroatoms. The van der Waals surface area contributed by atoms with Crippen LogP contribution in [0.4, 0.5) is 0 Å². The number of hydrogen-bond acceptors (Lipinski definition) is 2. The highest BCUT2D eigenvalue weighted by Crippen LogP contribution is 2.32. The first-order chi connectivity index (χ1) is 11.3. The Morgan fingerprint density at radius 1 is 1.29 bits per heavy atom. The normalized spacial score (nSPS) is 11.0. The first kappa shape index (κ1) is 20.1. The van der Waals surface area contributed by atoms with E-state index in [1.54, 1.807) is 6.20 Å². The zero-order valence-corrected chi connectivity index (χ0v) is 17.0. The van der Waals surface area contributed by atoms with Crippen LogP contribution >= 0.6 is 15.9 Å². The van der Waals surface area contributed by atoms with Crippen LogP contribution in [0.5, 0.6) is 0 Å². The van der Waals surface area contributed by atoms with E-state index in [4.69, 9.17) is 0 Å². The summed E-state index contributed by atoms with van der Waals surface area (Å²) in [6.07, 6.45) is 1.78. The molecule has 24 heavy (non-hydrogen) atoms. The number of aromatic nitrogens is 1. The van der Waals surface area contributed by atoms with Gasteiger partial charge in [-0.15, -0.1) is 0 Å². The summed E-state index contributed by atoms with van der Waals surface area (Å²) in [4.78, 5) is 5.20. The van der Waals surface area contributed by atoms with Crippen LogP contribution in [0.2, 0.25) is 0 Å². The van der Waals surface area contributed by atoms with Crippen molar-refractivity contribution in [3.63, 3.8) is 0 Å². The topological polar surface area (TPSA) is 42.8 Å². The number of allylic oxidation sites excluding steroid dienone is 2. The van der Waals surface area contributed by atoms with Crippen molar-refractivity contribution in [2.45, 2.75) is 33.6 Å². The van der Waals surface area contributed by atoms with E-state index in [9.17, 15) is 5.26 Å². The Balaban J connectivity index is 0.00000139. The van der Waals surface area contributed by atoms with Gasteiger partial charge in [0, 0.05) is 46.9 Å². The van der Waals surface area contributed by atoms with Crippen molar-refractivity contribution in [3.05, 3.63) is 52.3 Å². The van der Waals surface area contributed by atoms with Gasteiger partial charge in [-0.2, -0.15) is 5.26 Å². The lowest BCUT2D eigenvalue weighted by Gasteiger charge is -2.08. The molecule has 3 nitrogen and oxygen atoms in total. The number of hydrogen-bond donors (Lipinski definition) is 1. The Hall–Kier alpha value is -1.99. The largest absolute Gasteiger partial charge is 0.382 e. The molecular formula is C20H26BrN3. The molecule has 0 bridgehead atoms. The van der Waals surface area contributed by atoms with Crippen LogP contribution in [0.1, 0.15) is 44.9 Å². The summed E-state index contributed by atoms with van der Waals surface area (Å²) in [5, 5.41) is 10.4. The summed E-state index contributed by atoms with van der Waals surface area (Å²) >= 11 is 3.63. The van der Waals surface area contributed by atoms with Gasteiger partial charge < -0.3 is 9.88 Å². The number of nitriles is 1. The second-order valence-corrected chi connectivity index (χ2v) is 6.75. The Kier molecular flexibility index (Phi) is 7.31. The number of aromatic amines is 1. The number of nitrogens with zero attached hydrogens (tertiary/aromatic N) is 2. The second kappa shape index (κ2) is 8.75. The van der Waals surface area contributed by atoms with Gasteiger partial charge in [-0.25, -0.2) is 0 Å².